The first kappa shape index (κ1) is 23.3. The summed E-state index contributed by atoms with van der Waals surface area (Å²) in [4.78, 5) is 12.1. The molecular weight excluding hydrogens is 484 g/mol. The summed E-state index contributed by atoms with van der Waals surface area (Å²) >= 11 is 3.38. The summed E-state index contributed by atoms with van der Waals surface area (Å²) in [5.74, 6) is 0. The van der Waals surface area contributed by atoms with Crippen LogP contribution >= 0.6 is 15.9 Å². The fraction of sp³-hybridized carbons (Fsp3) is 0.318. The van der Waals surface area contributed by atoms with Crippen molar-refractivity contribution in [2.45, 2.75) is 44.3 Å². The molecule has 1 aromatic heterocycles. The number of aromatic nitrogens is 1. The van der Waals surface area contributed by atoms with E-state index in [1.807, 2.05) is 6.92 Å². The average molecular weight is 509 g/mol. The summed E-state index contributed by atoms with van der Waals surface area (Å²) in [5.41, 5.74) is 1.08. The molecule has 0 aliphatic rings. The summed E-state index contributed by atoms with van der Waals surface area (Å²) in [6.07, 6.45) is -0.399. The summed E-state index contributed by atoms with van der Waals surface area (Å²) in [5, 5.41) is 13.8. The first-order chi connectivity index (χ1) is 14.4. The molecule has 3 aromatic rings. The largest absolute Gasteiger partial charge is 0.444 e. The number of aliphatic hydroxyl groups excluding tert-OH is 1. The van der Waals surface area contributed by atoms with E-state index in [2.05, 4.69) is 21.2 Å². The van der Waals surface area contributed by atoms with Crippen molar-refractivity contribution in [3.63, 3.8) is 0 Å². The fourth-order valence-electron chi connectivity index (χ4n) is 3.09. The standard InChI is InChI=1S/C22H25BrN2O5S/c1-14-5-8-16(9-6-14)31(28,29)25-13-18(17-10-7-15(23)11-19(17)25)20(26)12-24-21(27)30-22(2,3)4/h5-11,13,20,26H,12H2,1-4H3,(H,24,27)/t20-/m0/s1. The van der Waals surface area contributed by atoms with Gasteiger partial charge in [-0.3, -0.25) is 0 Å². The number of halogens is 1. The molecule has 166 valence electrons. The van der Waals surface area contributed by atoms with Crippen LogP contribution in [0, 0.1) is 6.92 Å². The highest BCUT2D eigenvalue weighted by atomic mass is 79.9. The van der Waals surface area contributed by atoms with Crippen LogP contribution in [0.3, 0.4) is 0 Å². The molecule has 0 unspecified atom stereocenters. The van der Waals surface area contributed by atoms with Crippen LogP contribution in [-0.4, -0.2) is 35.7 Å². The Morgan fingerprint density at radius 1 is 1.19 bits per heavy atom. The van der Waals surface area contributed by atoms with E-state index in [4.69, 9.17) is 4.74 Å². The predicted molar refractivity (Wildman–Crippen MR) is 123 cm³/mol. The van der Waals surface area contributed by atoms with Gasteiger partial charge in [0.25, 0.3) is 10.0 Å². The first-order valence-corrected chi connectivity index (χ1v) is 11.9. The maximum Gasteiger partial charge on any atom is 0.407 e. The van der Waals surface area contributed by atoms with Crippen LogP contribution in [0.15, 0.2) is 58.0 Å². The maximum absolute atomic E-state index is 13.3. The van der Waals surface area contributed by atoms with Gasteiger partial charge in [0, 0.05) is 21.6 Å². The zero-order valence-electron chi connectivity index (χ0n) is 17.7. The fourth-order valence-corrected chi connectivity index (χ4v) is 4.81. The highest BCUT2D eigenvalue weighted by Crippen LogP contribution is 2.31. The molecule has 0 bridgehead atoms. The maximum atomic E-state index is 13.3. The Hall–Kier alpha value is -2.36. The minimum Gasteiger partial charge on any atom is -0.444 e. The van der Waals surface area contributed by atoms with Crippen molar-refractivity contribution < 1.29 is 23.1 Å². The molecule has 1 amide bonds. The quantitative estimate of drug-likeness (QED) is 0.528. The van der Waals surface area contributed by atoms with Gasteiger partial charge in [0.1, 0.15) is 5.60 Å². The number of nitrogens with zero attached hydrogens (tertiary/aromatic N) is 1. The minimum absolute atomic E-state index is 0.130. The van der Waals surface area contributed by atoms with Gasteiger partial charge in [-0.2, -0.15) is 0 Å². The molecule has 2 N–H and O–H groups in total. The van der Waals surface area contributed by atoms with Crippen LogP contribution in [0.5, 0.6) is 0 Å². The topological polar surface area (TPSA) is 97.6 Å². The summed E-state index contributed by atoms with van der Waals surface area (Å²) < 4.78 is 33.7. The number of benzene rings is 2. The second-order valence-electron chi connectivity index (χ2n) is 8.26. The van der Waals surface area contributed by atoms with E-state index in [9.17, 15) is 18.3 Å². The van der Waals surface area contributed by atoms with E-state index in [1.165, 1.54) is 6.20 Å². The van der Waals surface area contributed by atoms with Crippen LogP contribution < -0.4 is 5.32 Å². The van der Waals surface area contributed by atoms with Crippen LogP contribution in [0.2, 0.25) is 0 Å². The zero-order chi connectivity index (χ0) is 23.0. The Bertz CT molecular complexity index is 1210. The normalized spacial score (nSPS) is 13.2. The SMILES string of the molecule is Cc1ccc(S(=O)(=O)n2cc([C@@H](O)CNC(=O)OC(C)(C)C)c3ccc(Br)cc32)cc1. The highest BCUT2D eigenvalue weighted by Gasteiger charge is 2.25. The number of aryl methyl sites for hydroxylation is 1. The van der Waals surface area contributed by atoms with Crippen LogP contribution in [0.1, 0.15) is 38.0 Å². The van der Waals surface area contributed by atoms with Gasteiger partial charge in [0.05, 0.1) is 23.1 Å². The number of alkyl carbamates (subject to hydrolysis) is 1. The third kappa shape index (κ3) is 5.28. The number of hydrogen-bond acceptors (Lipinski definition) is 5. The van der Waals surface area contributed by atoms with Crippen molar-refractivity contribution in [2.24, 2.45) is 0 Å². The molecular formula is C22H25BrN2O5S. The van der Waals surface area contributed by atoms with Crippen LogP contribution in [0.4, 0.5) is 4.79 Å². The van der Waals surface area contributed by atoms with Crippen molar-refractivity contribution in [1.82, 2.24) is 9.29 Å². The van der Waals surface area contributed by atoms with Gasteiger partial charge < -0.3 is 15.2 Å². The van der Waals surface area contributed by atoms with E-state index in [0.29, 0.717) is 20.9 Å². The van der Waals surface area contributed by atoms with Gasteiger partial charge in [-0.25, -0.2) is 17.2 Å². The van der Waals surface area contributed by atoms with Gasteiger partial charge in [-0.15, -0.1) is 0 Å². The molecule has 7 nitrogen and oxygen atoms in total. The number of ether oxygens (including phenoxy) is 1. The van der Waals surface area contributed by atoms with Crippen LogP contribution in [-0.2, 0) is 14.8 Å². The summed E-state index contributed by atoms with van der Waals surface area (Å²) in [7, 11) is -3.89. The smallest absolute Gasteiger partial charge is 0.407 e. The Morgan fingerprint density at radius 2 is 1.84 bits per heavy atom. The molecule has 0 fully saturated rings. The molecule has 9 heteroatoms. The van der Waals surface area contributed by atoms with E-state index in [-0.39, 0.29) is 11.4 Å². The number of carbonyl (C=O) groups excluding carboxylic acids is 1. The number of aliphatic hydroxyl groups is 1. The van der Waals surface area contributed by atoms with Gasteiger partial charge in [-0.1, -0.05) is 39.7 Å². The van der Waals surface area contributed by atoms with Crippen molar-refractivity contribution in [2.75, 3.05) is 6.54 Å². The Morgan fingerprint density at radius 3 is 2.45 bits per heavy atom. The molecule has 31 heavy (non-hydrogen) atoms. The average Bonchev–Trinajstić information content (AvgIpc) is 3.04. The molecule has 0 saturated carbocycles. The number of nitrogens with one attached hydrogen (secondary N) is 1. The molecule has 2 aromatic carbocycles. The summed E-state index contributed by atoms with van der Waals surface area (Å²) in [6.45, 7) is 6.97. The summed E-state index contributed by atoms with van der Waals surface area (Å²) in [6, 6.07) is 11.7. The van der Waals surface area contributed by atoms with Crippen molar-refractivity contribution in [3.8, 4) is 0 Å². The molecule has 0 aliphatic heterocycles. The Labute approximate surface area is 190 Å². The Balaban J connectivity index is 1.99. The zero-order valence-corrected chi connectivity index (χ0v) is 20.1. The molecule has 1 atom stereocenters. The van der Waals surface area contributed by atoms with Crippen LogP contribution in [0.25, 0.3) is 10.9 Å². The second kappa shape index (κ2) is 8.64. The minimum atomic E-state index is -3.89. The number of carbonyl (C=O) groups is 1. The number of amides is 1. The molecule has 0 radical (unpaired) electrons. The monoisotopic (exact) mass is 508 g/mol. The van der Waals surface area contributed by atoms with E-state index in [1.54, 1.807) is 63.2 Å². The molecule has 0 saturated heterocycles. The lowest BCUT2D eigenvalue weighted by Gasteiger charge is -2.20. The predicted octanol–water partition coefficient (Wildman–Crippen LogP) is 4.51. The van der Waals surface area contributed by atoms with Gasteiger partial charge in [-0.05, 0) is 52.0 Å². The lowest BCUT2D eigenvalue weighted by molar-refractivity contribution is 0.0492. The highest BCUT2D eigenvalue weighted by molar-refractivity contribution is 9.10. The number of fused-ring (bicyclic) bond motifs is 1. The molecule has 0 aliphatic carbocycles. The number of hydrogen-bond donors (Lipinski definition) is 2. The van der Waals surface area contributed by atoms with Gasteiger partial charge >= 0.3 is 6.09 Å². The molecule has 0 spiro atoms. The molecule has 3 rings (SSSR count). The first-order valence-electron chi connectivity index (χ1n) is 9.66. The third-order valence-corrected chi connectivity index (χ3v) is 6.72. The van der Waals surface area contributed by atoms with Crippen molar-refractivity contribution in [1.29, 1.82) is 0 Å². The van der Waals surface area contributed by atoms with E-state index < -0.39 is 27.8 Å². The Kier molecular flexibility index (Phi) is 6.50. The molecule has 1 heterocycles. The third-order valence-electron chi connectivity index (χ3n) is 4.54. The lowest BCUT2D eigenvalue weighted by atomic mass is 10.1. The van der Waals surface area contributed by atoms with E-state index >= 15 is 0 Å². The lowest BCUT2D eigenvalue weighted by Crippen LogP contribution is -2.34. The second-order valence-corrected chi connectivity index (χ2v) is 11.0. The van der Waals surface area contributed by atoms with E-state index in [0.717, 1.165) is 9.54 Å². The van der Waals surface area contributed by atoms with Gasteiger partial charge in [0.15, 0.2) is 0 Å². The van der Waals surface area contributed by atoms with Gasteiger partial charge in [0.2, 0.25) is 0 Å². The van der Waals surface area contributed by atoms with Crippen molar-refractivity contribution >= 4 is 42.9 Å². The number of rotatable bonds is 5. The van der Waals surface area contributed by atoms with Crippen molar-refractivity contribution in [3.05, 3.63) is 64.3 Å².